The van der Waals surface area contributed by atoms with Crippen LogP contribution in [0.2, 0.25) is 0 Å². The summed E-state index contributed by atoms with van der Waals surface area (Å²) in [6.07, 6.45) is 16.6. The molecule has 1 aliphatic carbocycles. The molecular weight excluding hydrogens is 913 g/mol. The van der Waals surface area contributed by atoms with Crippen LogP contribution in [0.4, 0.5) is 4.79 Å². The molecule has 3 aliphatic rings. The van der Waals surface area contributed by atoms with Crippen molar-refractivity contribution in [2.45, 2.75) is 155 Å². The summed E-state index contributed by atoms with van der Waals surface area (Å²) in [6.45, 7) is 17.0. The van der Waals surface area contributed by atoms with Crippen LogP contribution in [0.1, 0.15) is 129 Å². The van der Waals surface area contributed by atoms with Gasteiger partial charge in [0, 0.05) is 45.4 Å². The fourth-order valence-corrected chi connectivity index (χ4v) is 9.37. The number of benzene rings is 3. The van der Waals surface area contributed by atoms with E-state index in [4.69, 9.17) is 28.4 Å². The van der Waals surface area contributed by atoms with Crippen molar-refractivity contribution in [1.29, 1.82) is 0 Å². The predicted molar refractivity (Wildman–Crippen MR) is 282 cm³/mol. The molecule has 0 spiro atoms. The lowest BCUT2D eigenvalue weighted by Crippen LogP contribution is -2.50. The molecule has 390 valence electrons. The highest BCUT2D eigenvalue weighted by Crippen LogP contribution is 2.44. The van der Waals surface area contributed by atoms with Gasteiger partial charge in [-0.15, -0.1) is 0 Å². The Bertz CT molecular complexity index is 2300. The first-order chi connectivity index (χ1) is 34.6. The van der Waals surface area contributed by atoms with Crippen LogP contribution in [0.3, 0.4) is 0 Å². The summed E-state index contributed by atoms with van der Waals surface area (Å²) >= 11 is 0. The van der Waals surface area contributed by atoms with E-state index >= 15 is 0 Å². The maximum absolute atomic E-state index is 12.3. The highest BCUT2D eigenvalue weighted by molar-refractivity contribution is 5.98. The number of allylic oxidation sites excluding steroid dienone is 2. The number of hydrogen-bond donors (Lipinski definition) is 3. The summed E-state index contributed by atoms with van der Waals surface area (Å²) in [4.78, 5) is 45.9. The number of alkyl carbamates (subject to hydrolysis) is 1. The van der Waals surface area contributed by atoms with Gasteiger partial charge in [0.15, 0.2) is 0 Å². The molecule has 3 N–H and O–H groups in total. The highest BCUT2D eigenvalue weighted by Gasteiger charge is 2.37. The second kappa shape index (κ2) is 28.8. The summed E-state index contributed by atoms with van der Waals surface area (Å²) in [6, 6.07) is 24.1. The molecule has 7 unspecified atom stereocenters. The van der Waals surface area contributed by atoms with Crippen LogP contribution in [0.5, 0.6) is 5.75 Å². The molecule has 2 heterocycles. The monoisotopic (exact) mass is 991 g/mol. The molecule has 0 aromatic heterocycles. The lowest BCUT2D eigenvalue weighted by molar-refractivity contribution is -0.143. The van der Waals surface area contributed by atoms with Crippen molar-refractivity contribution in [3.05, 3.63) is 125 Å². The first-order valence-corrected chi connectivity index (χ1v) is 25.5. The Morgan fingerprint density at radius 1 is 0.903 bits per heavy atom. The smallest absolute Gasteiger partial charge is 0.407 e. The number of esters is 1. The minimum absolute atomic E-state index is 0.0531. The Kier molecular flexibility index (Phi) is 22.7. The van der Waals surface area contributed by atoms with Crippen molar-refractivity contribution in [3.8, 4) is 16.9 Å². The topological polar surface area (TPSA) is 172 Å². The van der Waals surface area contributed by atoms with Gasteiger partial charge in [0.1, 0.15) is 18.5 Å². The molecule has 0 radical (unpaired) electrons. The fraction of sp³-hybridized carbons (Fsp3) is 0.500. The summed E-state index contributed by atoms with van der Waals surface area (Å²) in [5, 5.41) is 9.81. The van der Waals surface area contributed by atoms with Crippen LogP contribution < -0.4 is 20.8 Å². The van der Waals surface area contributed by atoms with E-state index in [0.29, 0.717) is 32.1 Å². The zero-order valence-corrected chi connectivity index (χ0v) is 43.8. The number of carbonyl (C=O) groups excluding carboxylic acids is 4. The summed E-state index contributed by atoms with van der Waals surface area (Å²) in [7, 11) is 1.79. The van der Waals surface area contributed by atoms with E-state index in [2.05, 4.69) is 91.3 Å². The van der Waals surface area contributed by atoms with Gasteiger partial charge in [-0.1, -0.05) is 86.2 Å². The Hall–Kier alpha value is -6.09. The average Bonchev–Trinajstić information content (AvgIpc) is 3.69. The van der Waals surface area contributed by atoms with Crippen LogP contribution in [-0.4, -0.2) is 99.1 Å². The normalized spacial score (nSPS) is 23.5. The summed E-state index contributed by atoms with van der Waals surface area (Å²) < 4.78 is 34.6. The molecule has 2 aliphatic heterocycles. The van der Waals surface area contributed by atoms with Gasteiger partial charge in [0.25, 0.3) is 0 Å². The Morgan fingerprint density at radius 3 is 2.25 bits per heavy atom. The Balaban J connectivity index is 0.000000267. The number of hydrogen-bond acceptors (Lipinski definition) is 11. The zero-order valence-electron chi connectivity index (χ0n) is 43.8. The lowest BCUT2D eigenvalue weighted by Gasteiger charge is -2.40. The second-order valence-corrected chi connectivity index (χ2v) is 19.3. The van der Waals surface area contributed by atoms with Gasteiger partial charge in [-0.05, 0) is 137 Å². The third-order valence-corrected chi connectivity index (χ3v) is 13.5. The standard InChI is InChI=1S/C29H31N3O4.C29H47NO6/c1-21(32-31-20-33)22-13-15-23(16-14-22)35-18-8-2-7-17-30-29(34)36-19-28-26-11-5-3-9-24(26)25-10-4-6-12-27(25)28;1-9-24-17-29(7,33-8)18-25(36-24)13-10-19(2)11-14-27-20(3)16-26(22(5)35-27)30-28(32)15-12-21(4)34-23(6)31/h3-6,9-16,20,28H,2,7-8,17-19H2,1H3,(H,30,34)(H,31,33);10-13,15,20-22,24-27H,9,14,16-18H2,1-8H3,(H,30,32)/b32-21+;13-10+,15-12-,19-11+/t;20?,21?,22?,24-,25?,26?,27?,29?/m.1/s1. The highest BCUT2D eigenvalue weighted by atomic mass is 16.6. The van der Waals surface area contributed by atoms with Gasteiger partial charge >= 0.3 is 12.1 Å². The van der Waals surface area contributed by atoms with E-state index < -0.39 is 6.10 Å². The largest absolute Gasteiger partial charge is 0.494 e. The van der Waals surface area contributed by atoms with Gasteiger partial charge in [-0.2, -0.15) is 5.10 Å². The summed E-state index contributed by atoms with van der Waals surface area (Å²) in [5.41, 5.74) is 9.82. The third-order valence-electron chi connectivity index (χ3n) is 13.5. The average molecular weight is 991 g/mol. The van der Waals surface area contributed by atoms with Crippen molar-refractivity contribution in [3.63, 3.8) is 0 Å². The van der Waals surface area contributed by atoms with Gasteiger partial charge < -0.3 is 39.1 Å². The first-order valence-electron chi connectivity index (χ1n) is 25.5. The van der Waals surface area contributed by atoms with Crippen molar-refractivity contribution < 1.29 is 47.6 Å². The number of hydrazone groups is 1. The van der Waals surface area contributed by atoms with E-state index in [1.807, 2.05) is 62.4 Å². The van der Waals surface area contributed by atoms with Crippen LogP contribution in [0.15, 0.2) is 114 Å². The van der Waals surface area contributed by atoms with Crippen LogP contribution in [0, 0.1) is 5.92 Å². The van der Waals surface area contributed by atoms with Gasteiger partial charge in [-0.25, -0.2) is 10.2 Å². The van der Waals surface area contributed by atoms with Crippen molar-refractivity contribution in [2.75, 3.05) is 26.9 Å². The molecule has 14 nitrogen and oxygen atoms in total. The number of nitrogens with one attached hydrogen (secondary N) is 3. The molecule has 3 amide bonds. The van der Waals surface area contributed by atoms with E-state index in [1.54, 1.807) is 20.1 Å². The van der Waals surface area contributed by atoms with Crippen LogP contribution in [-0.2, 0) is 38.1 Å². The zero-order chi connectivity index (χ0) is 52.0. The number of methoxy groups -OCH3 is 1. The first kappa shape index (κ1) is 56.8. The minimum atomic E-state index is -0.442. The van der Waals surface area contributed by atoms with E-state index in [-0.39, 0.29) is 59.9 Å². The van der Waals surface area contributed by atoms with E-state index in [9.17, 15) is 19.2 Å². The summed E-state index contributed by atoms with van der Waals surface area (Å²) in [5.74, 6) is 0.576. The molecule has 0 bridgehead atoms. The van der Waals surface area contributed by atoms with Crippen LogP contribution >= 0.6 is 0 Å². The molecule has 2 fully saturated rings. The molecule has 2 saturated heterocycles. The van der Waals surface area contributed by atoms with Crippen molar-refractivity contribution in [2.24, 2.45) is 11.0 Å². The van der Waals surface area contributed by atoms with E-state index in [1.165, 1.54) is 40.8 Å². The number of carbonyl (C=O) groups is 4. The van der Waals surface area contributed by atoms with Crippen molar-refractivity contribution >= 4 is 30.1 Å². The second-order valence-electron chi connectivity index (χ2n) is 19.3. The Labute approximate surface area is 427 Å². The number of ether oxygens (including phenoxy) is 6. The van der Waals surface area contributed by atoms with Crippen molar-refractivity contribution in [1.82, 2.24) is 16.1 Å². The third kappa shape index (κ3) is 17.9. The number of rotatable bonds is 22. The van der Waals surface area contributed by atoms with Crippen LogP contribution in [0.25, 0.3) is 11.1 Å². The molecular formula is C58H78N4O10. The Morgan fingerprint density at radius 2 is 1.60 bits per heavy atom. The number of nitrogens with zero attached hydrogens (tertiary/aromatic N) is 1. The van der Waals surface area contributed by atoms with Gasteiger partial charge in [0.2, 0.25) is 12.3 Å². The quantitative estimate of drug-likeness (QED) is 0.0167. The molecule has 8 atom stereocenters. The number of amides is 3. The predicted octanol–water partition coefficient (Wildman–Crippen LogP) is 10.3. The molecule has 72 heavy (non-hydrogen) atoms. The molecule has 3 aromatic rings. The van der Waals surface area contributed by atoms with Gasteiger partial charge in [0.05, 0.1) is 48.4 Å². The van der Waals surface area contributed by atoms with Gasteiger partial charge in [-0.3, -0.25) is 14.4 Å². The molecule has 3 aromatic carbocycles. The maximum Gasteiger partial charge on any atom is 0.407 e. The molecule has 6 rings (SSSR count). The molecule has 0 saturated carbocycles. The minimum Gasteiger partial charge on any atom is -0.494 e. The molecule has 14 heteroatoms. The van der Waals surface area contributed by atoms with E-state index in [0.717, 1.165) is 68.4 Å². The number of fused-ring (bicyclic) bond motifs is 3. The lowest BCUT2D eigenvalue weighted by atomic mass is 9.87. The number of unbranched alkanes of at least 4 members (excludes halogenated alkanes) is 2. The maximum atomic E-state index is 12.3. The SMILES string of the molecule is C/C(=N\NC=O)c1ccc(OCCCCCNC(=O)OCC2c3ccccc3-c3ccccc32)cc1.CC[C@@H]1CC(C)(OC)CC(/C=C/C(C)=C/CC2OC(C)C(NC(=O)/C=C\C(C)OC(C)=O)CC2C)O1. The fourth-order valence-electron chi connectivity index (χ4n) is 9.37.